The van der Waals surface area contributed by atoms with E-state index < -0.39 is 5.91 Å². The smallest absolute Gasteiger partial charge is 0.267 e. The van der Waals surface area contributed by atoms with E-state index in [9.17, 15) is 14.0 Å². The van der Waals surface area contributed by atoms with Gasteiger partial charge in [-0.15, -0.1) is 0 Å². The molecule has 142 valence electrons. The number of piperidine rings is 1. The fraction of sp³-hybridized carbons (Fsp3) is 0.316. The van der Waals surface area contributed by atoms with E-state index in [0.29, 0.717) is 24.6 Å². The van der Waals surface area contributed by atoms with Crippen LogP contribution in [0.1, 0.15) is 23.3 Å². The van der Waals surface area contributed by atoms with Crippen molar-refractivity contribution in [3.05, 3.63) is 54.1 Å². The molecule has 7 nitrogen and oxygen atoms in total. The highest BCUT2D eigenvalue weighted by Gasteiger charge is 2.25. The number of aromatic nitrogens is 1. The molecule has 8 heteroatoms. The van der Waals surface area contributed by atoms with E-state index in [1.807, 2.05) is 0 Å². The highest BCUT2D eigenvalue weighted by atomic mass is 19.1. The van der Waals surface area contributed by atoms with Crippen LogP contribution in [0.5, 0.6) is 11.5 Å². The summed E-state index contributed by atoms with van der Waals surface area (Å²) in [5, 5.41) is 0. The van der Waals surface area contributed by atoms with Gasteiger partial charge in [0.05, 0.1) is 6.54 Å². The zero-order valence-corrected chi connectivity index (χ0v) is 14.6. The first-order valence-electron chi connectivity index (χ1n) is 8.60. The van der Waals surface area contributed by atoms with Gasteiger partial charge in [0.15, 0.2) is 6.61 Å². The summed E-state index contributed by atoms with van der Waals surface area (Å²) in [7, 11) is 0. The maximum atomic E-state index is 12.9. The topological polar surface area (TPSA) is 94.8 Å². The predicted molar refractivity (Wildman–Crippen MR) is 94.9 cm³/mol. The number of ether oxygens (including phenoxy) is 2. The molecule has 0 spiro atoms. The molecule has 1 aliphatic heterocycles. The molecular weight excluding hydrogens is 353 g/mol. The summed E-state index contributed by atoms with van der Waals surface area (Å²) >= 11 is 0. The van der Waals surface area contributed by atoms with E-state index in [1.165, 1.54) is 36.5 Å². The van der Waals surface area contributed by atoms with Gasteiger partial charge in [-0.2, -0.15) is 0 Å². The van der Waals surface area contributed by atoms with E-state index >= 15 is 0 Å². The first kappa shape index (κ1) is 18.6. The molecule has 1 unspecified atom stereocenters. The van der Waals surface area contributed by atoms with Gasteiger partial charge < -0.3 is 20.1 Å². The van der Waals surface area contributed by atoms with Crippen molar-refractivity contribution in [1.82, 2.24) is 9.88 Å². The molecule has 1 fully saturated rings. The summed E-state index contributed by atoms with van der Waals surface area (Å²) in [6.45, 7) is 0.910. The highest BCUT2D eigenvalue weighted by Crippen LogP contribution is 2.19. The van der Waals surface area contributed by atoms with Gasteiger partial charge in [0, 0.05) is 18.8 Å². The Labute approximate surface area is 155 Å². The zero-order valence-electron chi connectivity index (χ0n) is 14.6. The van der Waals surface area contributed by atoms with Crippen molar-refractivity contribution in [1.29, 1.82) is 0 Å². The van der Waals surface area contributed by atoms with Gasteiger partial charge in [0.2, 0.25) is 0 Å². The molecule has 1 aromatic carbocycles. The number of hydrogen-bond donors (Lipinski definition) is 1. The summed E-state index contributed by atoms with van der Waals surface area (Å²) in [4.78, 5) is 29.1. The van der Waals surface area contributed by atoms with Crippen LogP contribution in [0.2, 0.25) is 0 Å². The number of benzene rings is 1. The molecule has 1 aliphatic rings. The van der Waals surface area contributed by atoms with Crippen molar-refractivity contribution in [2.45, 2.75) is 18.9 Å². The average Bonchev–Trinajstić information content (AvgIpc) is 2.67. The fourth-order valence-electron chi connectivity index (χ4n) is 2.84. The average molecular weight is 373 g/mol. The summed E-state index contributed by atoms with van der Waals surface area (Å²) < 4.78 is 24.2. The predicted octanol–water partition coefficient (Wildman–Crippen LogP) is 1.77. The molecule has 1 saturated heterocycles. The SMILES string of the molecule is NC(=O)c1cc(OC2CCCN(C(=O)COc3ccc(F)cc3)C2)ccn1. The number of halogens is 1. The molecular formula is C19H20FN3O4. The Hall–Kier alpha value is -3.16. The molecule has 2 amide bonds. The van der Waals surface area contributed by atoms with Crippen LogP contribution >= 0.6 is 0 Å². The molecule has 2 N–H and O–H groups in total. The molecule has 2 aromatic rings. The van der Waals surface area contributed by atoms with Gasteiger partial charge in [0.1, 0.15) is 29.1 Å². The van der Waals surface area contributed by atoms with Crippen LogP contribution in [-0.4, -0.2) is 47.5 Å². The maximum absolute atomic E-state index is 12.9. The van der Waals surface area contributed by atoms with Crippen molar-refractivity contribution in [3.63, 3.8) is 0 Å². The Morgan fingerprint density at radius 3 is 2.74 bits per heavy atom. The van der Waals surface area contributed by atoms with Gasteiger partial charge in [0.25, 0.3) is 11.8 Å². The van der Waals surface area contributed by atoms with Gasteiger partial charge in [-0.1, -0.05) is 0 Å². The lowest BCUT2D eigenvalue weighted by molar-refractivity contribution is -0.136. The quantitative estimate of drug-likeness (QED) is 0.833. The van der Waals surface area contributed by atoms with Crippen LogP contribution in [0.15, 0.2) is 42.6 Å². The van der Waals surface area contributed by atoms with Crippen LogP contribution in [-0.2, 0) is 4.79 Å². The Balaban J connectivity index is 1.53. The number of likely N-dealkylation sites (tertiary alicyclic amines) is 1. The molecule has 0 bridgehead atoms. The molecule has 27 heavy (non-hydrogen) atoms. The third-order valence-corrected chi connectivity index (χ3v) is 4.19. The highest BCUT2D eigenvalue weighted by molar-refractivity contribution is 5.91. The number of pyridine rings is 1. The van der Waals surface area contributed by atoms with E-state index in [1.54, 1.807) is 11.0 Å². The van der Waals surface area contributed by atoms with Gasteiger partial charge in [-0.3, -0.25) is 14.6 Å². The largest absolute Gasteiger partial charge is 0.488 e. The van der Waals surface area contributed by atoms with Crippen LogP contribution in [0.4, 0.5) is 4.39 Å². The molecule has 2 heterocycles. The molecule has 0 aliphatic carbocycles. The van der Waals surface area contributed by atoms with Gasteiger partial charge in [-0.25, -0.2) is 4.39 Å². The van der Waals surface area contributed by atoms with Crippen LogP contribution in [0.25, 0.3) is 0 Å². The number of hydrogen-bond acceptors (Lipinski definition) is 5. The second kappa shape index (κ2) is 8.48. The number of carbonyl (C=O) groups is 2. The Bertz CT molecular complexity index is 813. The Morgan fingerprint density at radius 1 is 1.22 bits per heavy atom. The molecule has 1 atom stereocenters. The minimum Gasteiger partial charge on any atom is -0.488 e. The van der Waals surface area contributed by atoms with Crippen LogP contribution in [0.3, 0.4) is 0 Å². The van der Waals surface area contributed by atoms with E-state index in [2.05, 4.69) is 4.98 Å². The maximum Gasteiger partial charge on any atom is 0.267 e. The number of rotatable bonds is 6. The minimum atomic E-state index is -0.626. The van der Waals surface area contributed by atoms with Crippen molar-refractivity contribution in [2.24, 2.45) is 5.73 Å². The van der Waals surface area contributed by atoms with Crippen LogP contribution < -0.4 is 15.2 Å². The standard InChI is InChI=1S/C19H20FN3O4/c20-13-3-5-14(6-4-13)26-12-18(24)23-9-1-2-16(11-23)27-15-7-8-22-17(10-15)19(21)25/h3-8,10,16H,1-2,9,11-12H2,(H2,21,25). The Morgan fingerprint density at radius 2 is 2.00 bits per heavy atom. The van der Waals surface area contributed by atoms with Gasteiger partial charge >= 0.3 is 0 Å². The second-order valence-electron chi connectivity index (χ2n) is 6.21. The van der Waals surface area contributed by atoms with Crippen LogP contribution in [0, 0.1) is 5.82 Å². The van der Waals surface area contributed by atoms with E-state index in [4.69, 9.17) is 15.2 Å². The second-order valence-corrected chi connectivity index (χ2v) is 6.21. The normalized spacial score (nSPS) is 16.6. The number of carbonyl (C=O) groups excluding carboxylic acids is 2. The summed E-state index contributed by atoms with van der Waals surface area (Å²) in [5.41, 5.74) is 5.35. The monoisotopic (exact) mass is 373 g/mol. The summed E-state index contributed by atoms with van der Waals surface area (Å²) in [5.74, 6) is -0.231. The number of primary amides is 1. The Kier molecular flexibility index (Phi) is 5.85. The van der Waals surface area contributed by atoms with E-state index in [-0.39, 0.29) is 30.1 Å². The molecule has 0 saturated carbocycles. The summed E-state index contributed by atoms with van der Waals surface area (Å²) in [6.07, 6.45) is 2.84. The minimum absolute atomic E-state index is 0.126. The number of amides is 2. The van der Waals surface area contributed by atoms with E-state index in [0.717, 1.165) is 12.8 Å². The lowest BCUT2D eigenvalue weighted by Gasteiger charge is -2.32. The van der Waals surface area contributed by atoms with Crippen molar-refractivity contribution >= 4 is 11.8 Å². The molecule has 0 radical (unpaired) electrons. The lowest BCUT2D eigenvalue weighted by atomic mass is 10.1. The van der Waals surface area contributed by atoms with Gasteiger partial charge in [-0.05, 0) is 43.2 Å². The third kappa shape index (κ3) is 5.16. The van der Waals surface area contributed by atoms with Crippen molar-refractivity contribution < 1.29 is 23.5 Å². The number of nitrogens with two attached hydrogens (primary N) is 1. The lowest BCUT2D eigenvalue weighted by Crippen LogP contribution is -2.46. The molecule has 1 aromatic heterocycles. The van der Waals surface area contributed by atoms with Crippen molar-refractivity contribution in [3.8, 4) is 11.5 Å². The zero-order chi connectivity index (χ0) is 19.2. The third-order valence-electron chi connectivity index (χ3n) is 4.19. The molecule has 3 rings (SSSR count). The first-order valence-corrected chi connectivity index (χ1v) is 8.60. The van der Waals surface area contributed by atoms with Crippen molar-refractivity contribution in [2.75, 3.05) is 19.7 Å². The summed E-state index contributed by atoms with van der Waals surface area (Å²) in [6, 6.07) is 8.64. The fourth-order valence-corrected chi connectivity index (χ4v) is 2.84. The first-order chi connectivity index (χ1) is 13.0. The number of nitrogens with zero attached hydrogens (tertiary/aromatic N) is 2.